The minimum atomic E-state index is -1.66. The van der Waals surface area contributed by atoms with Crippen LogP contribution < -0.4 is 0 Å². The highest BCUT2D eigenvalue weighted by Crippen LogP contribution is 2.70. The molecule has 4 rings (SSSR count). The molecule has 7 nitrogen and oxygen atoms in total. The first-order chi connectivity index (χ1) is 14.5. The number of ketones is 2. The first kappa shape index (κ1) is 22.6. The van der Waals surface area contributed by atoms with Gasteiger partial charge in [0.1, 0.15) is 11.2 Å². The van der Waals surface area contributed by atoms with Gasteiger partial charge >= 0.3 is 5.97 Å². The Labute approximate surface area is 183 Å². The van der Waals surface area contributed by atoms with Crippen molar-refractivity contribution in [3.05, 3.63) is 11.6 Å². The lowest BCUT2D eigenvalue weighted by atomic mass is 9.43. The molecule has 0 aromatic carbocycles. The van der Waals surface area contributed by atoms with Gasteiger partial charge in [0.25, 0.3) is 0 Å². The van der Waals surface area contributed by atoms with Crippen LogP contribution in [0.15, 0.2) is 11.6 Å². The highest BCUT2D eigenvalue weighted by Gasteiger charge is 2.74. The van der Waals surface area contributed by atoms with Gasteiger partial charge in [-0.1, -0.05) is 19.4 Å². The smallest absolute Gasteiger partial charge is 0.303 e. The predicted molar refractivity (Wildman–Crippen MR) is 111 cm³/mol. The molecule has 0 aliphatic heterocycles. The Morgan fingerprint density at radius 2 is 1.87 bits per heavy atom. The molecule has 31 heavy (non-hydrogen) atoms. The molecule has 0 aromatic rings. The lowest BCUT2D eigenvalue weighted by Gasteiger charge is -2.66. The molecule has 172 valence electrons. The second kappa shape index (κ2) is 7.22. The van der Waals surface area contributed by atoms with Crippen molar-refractivity contribution in [3.63, 3.8) is 0 Å². The van der Waals surface area contributed by atoms with Crippen molar-refractivity contribution in [2.75, 3.05) is 13.7 Å². The van der Waals surface area contributed by atoms with Crippen molar-refractivity contribution in [3.8, 4) is 0 Å². The van der Waals surface area contributed by atoms with E-state index in [1.165, 1.54) is 6.92 Å². The number of ether oxygens (including phenoxy) is 2. The maximum absolute atomic E-state index is 13.0. The second-order valence-corrected chi connectivity index (χ2v) is 10.5. The molecule has 0 bridgehead atoms. The van der Waals surface area contributed by atoms with Gasteiger partial charge in [-0.3, -0.25) is 14.4 Å². The van der Waals surface area contributed by atoms with E-state index in [2.05, 4.69) is 6.92 Å². The Morgan fingerprint density at radius 1 is 1.16 bits per heavy atom. The first-order valence-corrected chi connectivity index (χ1v) is 11.3. The van der Waals surface area contributed by atoms with Gasteiger partial charge in [0.2, 0.25) is 5.78 Å². The average molecular weight is 435 g/mol. The Kier molecular flexibility index (Phi) is 5.27. The highest BCUT2D eigenvalue weighted by molar-refractivity contribution is 5.92. The van der Waals surface area contributed by atoms with E-state index in [0.717, 1.165) is 18.4 Å². The van der Waals surface area contributed by atoms with E-state index in [1.807, 2.05) is 6.92 Å². The van der Waals surface area contributed by atoms with E-state index in [-0.39, 0.29) is 30.5 Å². The Morgan fingerprint density at radius 3 is 2.52 bits per heavy atom. The summed E-state index contributed by atoms with van der Waals surface area (Å²) < 4.78 is 11.1. The number of aliphatic hydroxyl groups is 2. The van der Waals surface area contributed by atoms with Crippen LogP contribution in [-0.2, 0) is 23.9 Å². The number of rotatable bonds is 4. The summed E-state index contributed by atoms with van der Waals surface area (Å²) in [5.74, 6) is -1.03. The SMILES string of the molecule is CO[C@]12[C@@H](O)C[C@@]3(C)[C@@H](CC[C@]3(O)C(=O)COC(C)=O)[C@@H]1CCC1=CC(=O)CC[C@@]12C. The maximum Gasteiger partial charge on any atom is 0.303 e. The molecule has 2 N–H and O–H groups in total. The lowest BCUT2D eigenvalue weighted by Crippen LogP contribution is -2.72. The van der Waals surface area contributed by atoms with Crippen LogP contribution in [0.2, 0.25) is 0 Å². The number of esters is 1. The summed E-state index contributed by atoms with van der Waals surface area (Å²) in [7, 11) is 1.64. The summed E-state index contributed by atoms with van der Waals surface area (Å²) in [6, 6.07) is 0. The zero-order valence-corrected chi connectivity index (χ0v) is 18.9. The number of aliphatic hydroxyl groups excluding tert-OH is 1. The normalized spacial score (nSPS) is 46.5. The van der Waals surface area contributed by atoms with Crippen LogP contribution >= 0.6 is 0 Å². The molecular weight excluding hydrogens is 400 g/mol. The third-order valence-corrected chi connectivity index (χ3v) is 9.44. The standard InChI is InChI=1S/C24H34O7/c1-14(25)31-13-20(28)23(29)10-8-17-18-6-5-15-11-16(26)7-9-21(15,2)24(18,30-4)19(27)12-22(17,23)3/h11,17-19,27,29H,5-10,12-13H2,1-4H3/t17-,18-,19-,21-,22-,23-,24-/m0/s1. The van der Waals surface area contributed by atoms with Gasteiger partial charge in [0.05, 0.1) is 6.10 Å². The zero-order chi connectivity index (χ0) is 22.8. The molecule has 3 fully saturated rings. The van der Waals surface area contributed by atoms with Crippen molar-refractivity contribution in [2.24, 2.45) is 22.7 Å². The largest absolute Gasteiger partial charge is 0.458 e. The summed E-state index contributed by atoms with van der Waals surface area (Å²) in [4.78, 5) is 36.3. The molecule has 7 heteroatoms. The summed E-state index contributed by atoms with van der Waals surface area (Å²) in [5, 5.41) is 23.2. The number of carbonyl (C=O) groups excluding carboxylic acids is 3. The molecule has 0 unspecified atom stereocenters. The second-order valence-electron chi connectivity index (χ2n) is 10.5. The van der Waals surface area contributed by atoms with Crippen LogP contribution in [0.25, 0.3) is 0 Å². The van der Waals surface area contributed by atoms with Crippen LogP contribution in [-0.4, -0.2) is 58.8 Å². The fraction of sp³-hybridized carbons (Fsp3) is 0.792. The maximum atomic E-state index is 13.0. The van der Waals surface area contributed by atoms with Crippen molar-refractivity contribution in [1.29, 1.82) is 0 Å². The van der Waals surface area contributed by atoms with E-state index in [1.54, 1.807) is 13.2 Å². The Hall–Kier alpha value is -1.57. The van der Waals surface area contributed by atoms with Crippen LogP contribution in [0, 0.1) is 22.7 Å². The van der Waals surface area contributed by atoms with Gasteiger partial charge < -0.3 is 19.7 Å². The van der Waals surface area contributed by atoms with Crippen molar-refractivity contribution >= 4 is 17.5 Å². The van der Waals surface area contributed by atoms with Gasteiger partial charge in [-0.25, -0.2) is 0 Å². The van der Waals surface area contributed by atoms with Gasteiger partial charge in [-0.15, -0.1) is 0 Å². The van der Waals surface area contributed by atoms with Crippen LogP contribution in [0.5, 0.6) is 0 Å². The highest BCUT2D eigenvalue weighted by atomic mass is 16.5. The van der Waals surface area contributed by atoms with Gasteiger partial charge in [0.15, 0.2) is 12.4 Å². The van der Waals surface area contributed by atoms with Gasteiger partial charge in [-0.05, 0) is 56.4 Å². The number of fused-ring (bicyclic) bond motifs is 5. The topological polar surface area (TPSA) is 110 Å². The zero-order valence-electron chi connectivity index (χ0n) is 18.9. The molecule has 0 aromatic heterocycles. The van der Waals surface area contributed by atoms with E-state index in [4.69, 9.17) is 9.47 Å². The average Bonchev–Trinajstić information content (AvgIpc) is 2.97. The van der Waals surface area contributed by atoms with E-state index in [0.29, 0.717) is 19.3 Å². The van der Waals surface area contributed by atoms with Crippen LogP contribution in [0.3, 0.4) is 0 Å². The fourth-order valence-corrected chi connectivity index (χ4v) is 7.85. The van der Waals surface area contributed by atoms with Crippen LogP contribution in [0.4, 0.5) is 0 Å². The third kappa shape index (κ3) is 2.79. The number of Topliss-reactive ketones (excluding diaryl/α,β-unsaturated/α-hetero) is 1. The third-order valence-electron chi connectivity index (χ3n) is 9.44. The summed E-state index contributed by atoms with van der Waals surface area (Å²) >= 11 is 0. The summed E-state index contributed by atoms with van der Waals surface area (Å²) in [5.41, 5.74) is -2.80. The quantitative estimate of drug-likeness (QED) is 0.652. The number of carbonyl (C=O) groups is 3. The molecule has 0 spiro atoms. The monoisotopic (exact) mass is 434 g/mol. The van der Waals surface area contributed by atoms with E-state index < -0.39 is 46.5 Å². The van der Waals surface area contributed by atoms with E-state index >= 15 is 0 Å². The summed E-state index contributed by atoms with van der Waals surface area (Å²) in [6.45, 7) is 4.75. The predicted octanol–water partition coefficient (Wildman–Crippen LogP) is 2.12. The molecule has 4 aliphatic rings. The van der Waals surface area contributed by atoms with E-state index in [9.17, 15) is 24.6 Å². The molecule has 0 heterocycles. The summed E-state index contributed by atoms with van der Waals surface area (Å²) in [6.07, 6.45) is 4.48. The molecule has 7 atom stereocenters. The minimum Gasteiger partial charge on any atom is -0.458 e. The molecule has 3 saturated carbocycles. The van der Waals surface area contributed by atoms with Gasteiger partial charge in [0, 0.05) is 31.3 Å². The fourth-order valence-electron chi connectivity index (χ4n) is 7.85. The molecule has 0 radical (unpaired) electrons. The Bertz CT molecular complexity index is 849. The van der Waals surface area contributed by atoms with Crippen LogP contribution in [0.1, 0.15) is 65.7 Å². The molecule has 0 saturated heterocycles. The Balaban J connectivity index is 1.74. The first-order valence-electron chi connectivity index (χ1n) is 11.3. The number of methoxy groups -OCH3 is 1. The number of hydrogen-bond acceptors (Lipinski definition) is 7. The molecule has 0 amide bonds. The van der Waals surface area contributed by atoms with Crippen molar-refractivity contribution in [1.82, 2.24) is 0 Å². The lowest BCUT2D eigenvalue weighted by molar-refractivity contribution is -0.270. The minimum absolute atomic E-state index is 0.0295. The molecule has 4 aliphatic carbocycles. The van der Waals surface area contributed by atoms with Gasteiger partial charge in [-0.2, -0.15) is 0 Å². The number of hydrogen-bond donors (Lipinski definition) is 2. The van der Waals surface area contributed by atoms with Crippen molar-refractivity contribution < 1.29 is 34.1 Å². The molecular formula is C24H34O7. The van der Waals surface area contributed by atoms with Crippen molar-refractivity contribution in [2.45, 2.75) is 83.0 Å².